The molecular weight excluding hydrogens is 402 g/mol. The zero-order valence-corrected chi connectivity index (χ0v) is 17.5. The van der Waals surface area contributed by atoms with Gasteiger partial charge in [0.2, 0.25) is 0 Å². The lowest BCUT2D eigenvalue weighted by atomic mass is 9.96. The number of urea groups is 1. The lowest BCUT2D eigenvalue weighted by Gasteiger charge is -2.25. The Balaban J connectivity index is 1.34. The van der Waals surface area contributed by atoms with E-state index in [4.69, 9.17) is 4.74 Å². The van der Waals surface area contributed by atoms with Crippen LogP contribution in [0.3, 0.4) is 0 Å². The molecule has 2 aliphatic heterocycles. The number of amides is 3. The number of carbonyl (C=O) groups is 2. The van der Waals surface area contributed by atoms with Crippen molar-refractivity contribution >= 4 is 33.6 Å². The number of rotatable bonds is 3. The third-order valence-corrected chi connectivity index (χ3v) is 6.60. The molecule has 2 aliphatic rings. The van der Waals surface area contributed by atoms with Crippen molar-refractivity contribution in [3.63, 3.8) is 0 Å². The summed E-state index contributed by atoms with van der Waals surface area (Å²) in [7, 11) is 0. The summed E-state index contributed by atoms with van der Waals surface area (Å²) < 4.78 is 6.11. The normalized spacial score (nSPS) is 20.8. The molecule has 0 saturated carbocycles. The first-order chi connectivity index (χ1) is 15.7. The lowest BCUT2D eigenvalue weighted by Crippen LogP contribution is -2.35. The van der Waals surface area contributed by atoms with Gasteiger partial charge in [-0.15, -0.1) is 0 Å². The molecule has 3 aromatic carbocycles. The summed E-state index contributed by atoms with van der Waals surface area (Å²) in [6, 6.07) is 18.9. The molecule has 6 rings (SSSR count). The van der Waals surface area contributed by atoms with Gasteiger partial charge in [0, 0.05) is 34.5 Å². The SMILES string of the molecule is O=C1N[C@H](Cc2c[nH]c3ccccc23)C(=O)N1C1CCCOc2c1ccc1ccccc21. The summed E-state index contributed by atoms with van der Waals surface area (Å²) >= 11 is 0. The van der Waals surface area contributed by atoms with Crippen LogP contribution in [0.4, 0.5) is 4.79 Å². The van der Waals surface area contributed by atoms with E-state index in [1.54, 1.807) is 0 Å². The van der Waals surface area contributed by atoms with Crippen LogP contribution < -0.4 is 10.1 Å². The highest BCUT2D eigenvalue weighted by Crippen LogP contribution is 2.41. The van der Waals surface area contributed by atoms with E-state index in [1.807, 2.05) is 66.9 Å². The highest BCUT2D eigenvalue weighted by Gasteiger charge is 2.43. The predicted octanol–water partition coefficient (Wildman–Crippen LogP) is 4.70. The Morgan fingerprint density at radius 1 is 0.969 bits per heavy atom. The Hall–Kier alpha value is -3.80. The van der Waals surface area contributed by atoms with Crippen LogP contribution in [0.15, 0.2) is 66.9 Å². The van der Waals surface area contributed by atoms with Gasteiger partial charge in [-0.2, -0.15) is 0 Å². The predicted molar refractivity (Wildman–Crippen MR) is 123 cm³/mol. The number of nitrogens with zero attached hydrogens (tertiary/aromatic N) is 1. The molecule has 1 saturated heterocycles. The summed E-state index contributed by atoms with van der Waals surface area (Å²) in [6.07, 6.45) is 3.84. The second-order valence-corrected chi connectivity index (χ2v) is 8.49. The van der Waals surface area contributed by atoms with E-state index in [-0.39, 0.29) is 18.0 Å². The zero-order valence-electron chi connectivity index (χ0n) is 17.5. The fraction of sp³-hybridized carbons (Fsp3) is 0.231. The number of para-hydroxylation sites is 1. The molecule has 1 fully saturated rings. The van der Waals surface area contributed by atoms with E-state index >= 15 is 0 Å². The average molecular weight is 425 g/mol. The maximum absolute atomic E-state index is 13.5. The minimum atomic E-state index is -0.574. The van der Waals surface area contributed by atoms with E-state index < -0.39 is 6.04 Å². The summed E-state index contributed by atoms with van der Waals surface area (Å²) in [5.41, 5.74) is 2.95. The minimum absolute atomic E-state index is 0.175. The summed E-state index contributed by atoms with van der Waals surface area (Å²) in [5.74, 6) is 0.609. The van der Waals surface area contributed by atoms with Crippen molar-refractivity contribution < 1.29 is 14.3 Å². The maximum Gasteiger partial charge on any atom is 0.325 e. The molecule has 4 aromatic rings. The number of nitrogens with one attached hydrogen (secondary N) is 2. The highest BCUT2D eigenvalue weighted by molar-refractivity contribution is 6.05. The maximum atomic E-state index is 13.5. The Bertz CT molecular complexity index is 1360. The molecule has 0 spiro atoms. The van der Waals surface area contributed by atoms with Crippen LogP contribution in [0.25, 0.3) is 21.7 Å². The number of aromatic amines is 1. The molecule has 0 aliphatic carbocycles. The van der Waals surface area contributed by atoms with Crippen molar-refractivity contribution in [1.29, 1.82) is 0 Å². The topological polar surface area (TPSA) is 74.4 Å². The summed E-state index contributed by atoms with van der Waals surface area (Å²) in [5, 5.41) is 6.10. The van der Waals surface area contributed by atoms with E-state index in [0.29, 0.717) is 19.4 Å². The van der Waals surface area contributed by atoms with Crippen LogP contribution in [0.5, 0.6) is 5.75 Å². The van der Waals surface area contributed by atoms with Gasteiger partial charge in [-0.1, -0.05) is 54.6 Å². The number of imide groups is 1. The van der Waals surface area contributed by atoms with Crippen LogP contribution in [0, 0.1) is 0 Å². The molecule has 0 radical (unpaired) electrons. The molecule has 3 amide bonds. The summed E-state index contributed by atoms with van der Waals surface area (Å²) in [6.45, 7) is 0.569. The second-order valence-electron chi connectivity index (χ2n) is 8.49. The zero-order chi connectivity index (χ0) is 21.7. The molecule has 32 heavy (non-hydrogen) atoms. The number of ether oxygens (including phenoxy) is 1. The fourth-order valence-corrected chi connectivity index (χ4v) is 5.06. The van der Waals surface area contributed by atoms with Gasteiger partial charge in [-0.05, 0) is 29.9 Å². The molecule has 1 aromatic heterocycles. The van der Waals surface area contributed by atoms with Gasteiger partial charge < -0.3 is 15.0 Å². The van der Waals surface area contributed by atoms with E-state index in [0.717, 1.165) is 45.0 Å². The Morgan fingerprint density at radius 2 is 1.78 bits per heavy atom. The Labute approximate surface area is 185 Å². The minimum Gasteiger partial charge on any atom is -0.493 e. The standard InChI is InChI=1S/C26H23N3O3/c30-25-22(14-17-15-27-21-9-4-3-7-18(17)21)28-26(31)29(25)23-10-5-13-32-24-19-8-2-1-6-16(19)11-12-20(23)24/h1-4,6-9,11-12,15,22-23,27H,5,10,13-14H2,(H,28,31)/t22-,23?/m1/s1. The number of H-pyrrole nitrogens is 1. The fourth-order valence-electron chi connectivity index (χ4n) is 5.06. The first kappa shape index (κ1) is 18.9. The molecule has 6 heteroatoms. The van der Waals surface area contributed by atoms with Crippen molar-refractivity contribution in [2.75, 3.05) is 6.61 Å². The number of hydrogen-bond donors (Lipinski definition) is 2. The number of fused-ring (bicyclic) bond motifs is 4. The van der Waals surface area contributed by atoms with Gasteiger partial charge in [0.1, 0.15) is 11.8 Å². The van der Waals surface area contributed by atoms with Gasteiger partial charge in [0.15, 0.2) is 0 Å². The molecule has 3 heterocycles. The Kier molecular flexibility index (Phi) is 4.38. The largest absolute Gasteiger partial charge is 0.493 e. The molecule has 2 atom stereocenters. The molecule has 2 N–H and O–H groups in total. The molecule has 1 unspecified atom stereocenters. The lowest BCUT2D eigenvalue weighted by molar-refractivity contribution is -0.129. The van der Waals surface area contributed by atoms with E-state index in [9.17, 15) is 9.59 Å². The van der Waals surface area contributed by atoms with Crippen LogP contribution in [-0.2, 0) is 11.2 Å². The van der Waals surface area contributed by atoms with E-state index in [2.05, 4.69) is 10.3 Å². The van der Waals surface area contributed by atoms with Gasteiger partial charge >= 0.3 is 6.03 Å². The van der Waals surface area contributed by atoms with Gasteiger partial charge in [0.05, 0.1) is 12.6 Å². The van der Waals surface area contributed by atoms with Crippen molar-refractivity contribution in [2.45, 2.75) is 31.3 Å². The number of carbonyl (C=O) groups excluding carboxylic acids is 2. The highest BCUT2D eigenvalue weighted by atomic mass is 16.5. The molecule has 6 nitrogen and oxygen atoms in total. The molecule has 160 valence electrons. The van der Waals surface area contributed by atoms with E-state index in [1.165, 1.54) is 4.90 Å². The third kappa shape index (κ3) is 2.94. The summed E-state index contributed by atoms with van der Waals surface area (Å²) in [4.78, 5) is 31.1. The number of hydrogen-bond acceptors (Lipinski definition) is 3. The van der Waals surface area contributed by atoms with Crippen LogP contribution >= 0.6 is 0 Å². The smallest absolute Gasteiger partial charge is 0.325 e. The van der Waals surface area contributed by atoms with Crippen molar-refractivity contribution in [1.82, 2.24) is 15.2 Å². The Morgan fingerprint density at radius 3 is 2.69 bits per heavy atom. The third-order valence-electron chi connectivity index (χ3n) is 6.60. The van der Waals surface area contributed by atoms with Crippen molar-refractivity contribution in [3.05, 3.63) is 78.0 Å². The molecule has 0 bridgehead atoms. The quantitative estimate of drug-likeness (QED) is 0.467. The second kappa shape index (κ2) is 7.41. The van der Waals surface area contributed by atoms with Gasteiger partial charge in [-0.3, -0.25) is 9.69 Å². The number of benzene rings is 3. The molecular formula is C26H23N3O3. The van der Waals surface area contributed by atoms with Gasteiger partial charge in [-0.25, -0.2) is 4.79 Å². The van der Waals surface area contributed by atoms with Crippen LogP contribution in [-0.4, -0.2) is 34.5 Å². The first-order valence-corrected chi connectivity index (χ1v) is 11.0. The number of aromatic nitrogens is 1. The van der Waals surface area contributed by atoms with Crippen molar-refractivity contribution in [3.8, 4) is 5.75 Å². The van der Waals surface area contributed by atoms with Gasteiger partial charge in [0.25, 0.3) is 5.91 Å². The average Bonchev–Trinajstić information content (AvgIpc) is 3.25. The monoisotopic (exact) mass is 425 g/mol. The van der Waals surface area contributed by atoms with Crippen molar-refractivity contribution in [2.24, 2.45) is 0 Å². The van der Waals surface area contributed by atoms with Crippen LogP contribution in [0.2, 0.25) is 0 Å². The van der Waals surface area contributed by atoms with Crippen LogP contribution in [0.1, 0.15) is 30.0 Å². The first-order valence-electron chi connectivity index (χ1n) is 11.0.